The second-order valence-electron chi connectivity index (χ2n) is 11.4. The third kappa shape index (κ3) is 10.1. The quantitative estimate of drug-likeness (QED) is 0.0920. The molecule has 288 valence electrons. The zero-order valence-corrected chi connectivity index (χ0v) is 34.2. The molecule has 0 amide bonds. The molecular formula is C42H34Br2N6O7. The molecule has 1 unspecified atom stereocenters. The molecule has 6 aromatic rings. The van der Waals surface area contributed by atoms with Crippen molar-refractivity contribution in [3.63, 3.8) is 0 Å². The lowest BCUT2D eigenvalue weighted by Gasteiger charge is -2.28. The lowest BCUT2D eigenvalue weighted by atomic mass is 9.82. The van der Waals surface area contributed by atoms with E-state index >= 15 is 0 Å². The number of carbonyl (C=O) groups is 1. The number of hydrogen-bond acceptors (Lipinski definition) is 12. The van der Waals surface area contributed by atoms with Crippen molar-refractivity contribution in [3.05, 3.63) is 140 Å². The summed E-state index contributed by atoms with van der Waals surface area (Å²) in [6.07, 6.45) is 5.93. The Hall–Kier alpha value is -6.86. The molecule has 3 N–H and O–H groups in total. The van der Waals surface area contributed by atoms with Crippen molar-refractivity contribution in [2.75, 3.05) is 35.0 Å². The van der Waals surface area contributed by atoms with E-state index in [1.165, 1.54) is 7.11 Å². The number of aromatic hydroxyl groups is 1. The number of benzene rings is 4. The molecule has 0 fully saturated rings. The number of allylic oxidation sites excluding steroid dienone is 1. The Morgan fingerprint density at radius 3 is 2.21 bits per heavy atom. The number of phenolic OH excluding ortho intramolecular Hbond substituents is 1. The first-order chi connectivity index (χ1) is 27.6. The van der Waals surface area contributed by atoms with Gasteiger partial charge in [-0.2, -0.15) is 10.5 Å². The van der Waals surface area contributed by atoms with E-state index in [1.807, 2.05) is 48.5 Å². The predicted octanol–water partition coefficient (Wildman–Crippen LogP) is 8.88. The number of ether oxygens (including phenoxy) is 5. The van der Waals surface area contributed by atoms with Gasteiger partial charge >= 0.3 is 0 Å². The number of carbonyl (C=O) groups excluding carboxylic acids is 1. The van der Waals surface area contributed by atoms with Gasteiger partial charge in [0.05, 0.1) is 48.8 Å². The molecule has 1 aliphatic rings. The average Bonchev–Trinajstić information content (AvgIpc) is 3.23. The normalized spacial score (nSPS) is 12.2. The van der Waals surface area contributed by atoms with Crippen LogP contribution in [-0.4, -0.2) is 56.3 Å². The molecule has 2 aromatic heterocycles. The number of hydrogen-bond donors (Lipinski definition) is 2. The summed E-state index contributed by atoms with van der Waals surface area (Å²) in [4.78, 5) is 21.5. The maximum Gasteiger partial charge on any atom is 0.298 e. The van der Waals surface area contributed by atoms with Crippen molar-refractivity contribution in [2.45, 2.75) is 5.92 Å². The molecule has 15 heteroatoms. The van der Waals surface area contributed by atoms with E-state index in [0.29, 0.717) is 44.4 Å². The topological polar surface area (TPSA) is 187 Å². The van der Waals surface area contributed by atoms with Crippen molar-refractivity contribution < 1.29 is 33.6 Å². The second kappa shape index (κ2) is 20.7. The number of nitrogens with two attached hydrogens (primary N) is 1. The molecule has 7 rings (SSSR count). The molecule has 3 heterocycles. The Bertz CT molecular complexity index is 2550. The lowest BCUT2D eigenvalue weighted by Crippen LogP contribution is -2.21. The summed E-state index contributed by atoms with van der Waals surface area (Å²) in [6, 6.07) is 25.7. The van der Waals surface area contributed by atoms with Crippen LogP contribution in [0.25, 0.3) is 26.5 Å². The monoisotopic (exact) mass is 892 g/mol. The zero-order valence-electron chi connectivity index (χ0n) is 31.0. The summed E-state index contributed by atoms with van der Waals surface area (Å²) < 4.78 is 28.3. The van der Waals surface area contributed by atoms with Crippen LogP contribution < -0.4 is 29.4 Å². The molecule has 1 aliphatic heterocycles. The van der Waals surface area contributed by atoms with E-state index in [1.54, 1.807) is 70.3 Å². The molecule has 0 saturated carbocycles. The number of methoxy groups -OCH3 is 4. The number of rotatable bonds is 6. The van der Waals surface area contributed by atoms with Gasteiger partial charge in [-0.25, -0.2) is 6.57 Å². The number of halogens is 2. The fraction of sp³-hybridized carbons (Fsp3) is 0.143. The molecule has 57 heavy (non-hydrogen) atoms. The average molecular weight is 895 g/mol. The summed E-state index contributed by atoms with van der Waals surface area (Å²) in [5, 5.41) is 29.3. The van der Waals surface area contributed by atoms with Gasteiger partial charge in [0.1, 0.15) is 35.5 Å². The summed E-state index contributed by atoms with van der Waals surface area (Å²) in [5.74, 6) is 2.88. The van der Waals surface area contributed by atoms with Crippen LogP contribution in [0.5, 0.6) is 34.5 Å². The highest BCUT2D eigenvalue weighted by molar-refractivity contribution is 9.11. The minimum absolute atomic E-state index is 0.0139. The van der Waals surface area contributed by atoms with E-state index in [2.05, 4.69) is 52.7 Å². The Morgan fingerprint density at radius 1 is 0.912 bits per heavy atom. The van der Waals surface area contributed by atoms with Crippen molar-refractivity contribution in [1.29, 1.82) is 10.5 Å². The number of nitrogens with zero attached hydrogens (tertiary/aromatic N) is 5. The van der Waals surface area contributed by atoms with E-state index in [4.69, 9.17) is 41.3 Å². The van der Waals surface area contributed by atoms with Crippen LogP contribution in [0.2, 0.25) is 0 Å². The number of aromatic nitrogens is 2. The van der Waals surface area contributed by atoms with E-state index in [0.717, 1.165) is 43.6 Å². The first-order valence-corrected chi connectivity index (χ1v) is 18.1. The lowest BCUT2D eigenvalue weighted by molar-refractivity contribution is 0.112. The van der Waals surface area contributed by atoms with Crippen molar-refractivity contribution >= 4 is 59.8 Å². The largest absolute Gasteiger partial charge is 0.507 e. The summed E-state index contributed by atoms with van der Waals surface area (Å²) >= 11 is 6.80. The second-order valence-corrected chi connectivity index (χ2v) is 13.1. The highest BCUT2D eigenvalue weighted by atomic mass is 79.9. The van der Waals surface area contributed by atoms with Gasteiger partial charge in [0.15, 0.2) is 23.0 Å². The fourth-order valence-electron chi connectivity index (χ4n) is 5.66. The minimum Gasteiger partial charge on any atom is -0.507 e. The molecule has 0 aliphatic carbocycles. The highest BCUT2D eigenvalue weighted by Gasteiger charge is 2.33. The van der Waals surface area contributed by atoms with Crippen molar-refractivity contribution in [3.8, 4) is 46.6 Å². The molecule has 13 nitrogen and oxygen atoms in total. The predicted molar refractivity (Wildman–Crippen MR) is 221 cm³/mol. The molecule has 0 spiro atoms. The maximum atomic E-state index is 10.5. The van der Waals surface area contributed by atoms with Crippen LogP contribution >= 0.6 is 31.9 Å². The smallest absolute Gasteiger partial charge is 0.298 e. The number of nitriles is 2. The van der Waals surface area contributed by atoms with Gasteiger partial charge in [-0.15, -0.1) is 0 Å². The Labute approximate surface area is 345 Å². The fourth-order valence-corrected chi connectivity index (χ4v) is 6.90. The molecule has 0 radical (unpaired) electrons. The van der Waals surface area contributed by atoms with Crippen LogP contribution in [0.1, 0.15) is 27.4 Å². The van der Waals surface area contributed by atoms with Crippen molar-refractivity contribution in [2.24, 2.45) is 5.73 Å². The van der Waals surface area contributed by atoms with Crippen LogP contribution in [0.15, 0.2) is 112 Å². The summed E-state index contributed by atoms with van der Waals surface area (Å²) in [5.41, 5.74) is 9.54. The van der Waals surface area contributed by atoms with Crippen LogP contribution in [0.4, 0.5) is 0 Å². The zero-order chi connectivity index (χ0) is 41.5. The van der Waals surface area contributed by atoms with Crippen LogP contribution in [0, 0.1) is 29.2 Å². The molecular weight excluding hydrogens is 860 g/mol. The Balaban J connectivity index is 0.000000204. The summed E-state index contributed by atoms with van der Waals surface area (Å²) in [6.45, 7) is 5.99. The molecule has 0 bridgehead atoms. The number of pyridine rings is 2. The van der Waals surface area contributed by atoms with Gasteiger partial charge < -0.3 is 39.4 Å². The SMILES string of the molecule is COc1cc(C2C(C#N)=C(N)Oc3c2ccc2cnccc32)cc(Br)c1OC.COc1cc(C=O)cc(Br)c1OC.Oc1cccc2ncccc12.[C-]#[N+]CC#N. The van der Waals surface area contributed by atoms with Gasteiger partial charge in [-0.05, 0) is 92.0 Å². The number of fused-ring (bicyclic) bond motifs is 4. The van der Waals surface area contributed by atoms with Gasteiger partial charge in [0.2, 0.25) is 5.88 Å². The third-order valence-corrected chi connectivity index (χ3v) is 9.33. The van der Waals surface area contributed by atoms with Gasteiger partial charge in [0.25, 0.3) is 6.54 Å². The van der Waals surface area contributed by atoms with E-state index in [-0.39, 0.29) is 18.2 Å². The molecule has 4 aromatic carbocycles. The molecule has 1 atom stereocenters. The van der Waals surface area contributed by atoms with Gasteiger partial charge in [-0.1, -0.05) is 18.2 Å². The minimum atomic E-state index is -0.401. The highest BCUT2D eigenvalue weighted by Crippen LogP contribution is 2.48. The van der Waals surface area contributed by atoms with Gasteiger partial charge in [0, 0.05) is 45.9 Å². The summed E-state index contributed by atoms with van der Waals surface area (Å²) in [7, 11) is 6.22. The van der Waals surface area contributed by atoms with E-state index in [9.17, 15) is 15.2 Å². The van der Waals surface area contributed by atoms with Crippen LogP contribution in [-0.2, 0) is 0 Å². The van der Waals surface area contributed by atoms with Crippen LogP contribution in [0.3, 0.4) is 0 Å². The maximum absolute atomic E-state index is 10.5. The Kier molecular flexibility index (Phi) is 15.6. The molecule has 0 saturated heterocycles. The van der Waals surface area contributed by atoms with E-state index < -0.39 is 5.92 Å². The number of phenols is 1. The first kappa shape index (κ1) is 42.9. The third-order valence-electron chi connectivity index (χ3n) is 8.15. The van der Waals surface area contributed by atoms with Crippen molar-refractivity contribution in [1.82, 2.24) is 9.97 Å². The Morgan fingerprint density at radius 2 is 1.61 bits per heavy atom. The number of aldehydes is 1. The van der Waals surface area contributed by atoms with Gasteiger partial charge in [-0.3, -0.25) is 14.8 Å². The first-order valence-electron chi connectivity index (χ1n) is 16.6. The standard InChI is InChI=1S/C21H16BrN3O3.C9H9BrO3.C9H7NO.C3H2N2/c1-26-17-8-12(7-16(22)20(17)27-2)18-14-4-3-11-10-25-6-5-13(11)19(14)28-21(24)15(18)9-23;1-12-8-4-6(5-11)3-7(10)9(8)13-2;11-9-5-1-4-8-7(9)3-2-6-10-8;1-5-3-2-4/h3-8,10,18H,24H2,1-2H3;3-5H,1-2H3;1-6,11H;3H2.